The Morgan fingerprint density at radius 1 is 0.846 bits per heavy atom. The molecule has 0 bridgehead atoms. The number of halogens is 9. The summed E-state index contributed by atoms with van der Waals surface area (Å²) in [4.78, 5) is 1.10. The van der Waals surface area contributed by atoms with E-state index in [4.69, 9.17) is 4.74 Å². The molecule has 1 aliphatic rings. The molecule has 1 aliphatic heterocycles. The molecule has 0 aliphatic carbocycles. The van der Waals surface area contributed by atoms with Crippen LogP contribution in [0.15, 0.2) is 84.8 Å². The maximum atomic E-state index is 14.9. The fraction of sp³-hybridized carbons (Fsp3) is 0.259. The first-order valence-electron chi connectivity index (χ1n) is 11.4. The molecule has 0 radical (unpaired) electrons. The van der Waals surface area contributed by atoms with E-state index in [2.05, 4.69) is 4.74 Å². The van der Waals surface area contributed by atoms with Gasteiger partial charge in [0.15, 0.2) is 6.23 Å². The number of nitrogens with zero attached hydrogens (tertiary/aromatic N) is 1. The minimum Gasteiger partial charge on any atom is -0.464 e. The molecule has 2 unspecified atom stereocenters. The van der Waals surface area contributed by atoms with Gasteiger partial charge in [-0.3, -0.25) is 0 Å². The standard InChI is InChI=1S/C27H20F9NO2/c1-16-37(15-23(38-16)26(32,33)34)25(14-17-5-3-2-4-6-17,18-7-9-20(28)10-8-18)19-11-21(29)13-22(12-19)39-27(35,36)24(30)31/h2-13,15-16,24H,14H2,1H3. The number of hydrogen-bond donors (Lipinski definition) is 0. The van der Waals surface area contributed by atoms with E-state index in [1.165, 1.54) is 19.1 Å². The molecule has 1 heterocycles. The molecular formula is C27H20F9NO2. The van der Waals surface area contributed by atoms with Crippen LogP contribution in [0.1, 0.15) is 23.6 Å². The van der Waals surface area contributed by atoms with Gasteiger partial charge in [0.25, 0.3) is 0 Å². The summed E-state index contributed by atoms with van der Waals surface area (Å²) >= 11 is 0. The topological polar surface area (TPSA) is 21.7 Å². The summed E-state index contributed by atoms with van der Waals surface area (Å²) in [6.45, 7) is 1.28. The van der Waals surface area contributed by atoms with E-state index in [0.717, 1.165) is 29.2 Å². The predicted molar refractivity (Wildman–Crippen MR) is 122 cm³/mol. The molecule has 0 spiro atoms. The monoisotopic (exact) mass is 561 g/mol. The van der Waals surface area contributed by atoms with Gasteiger partial charge in [-0.15, -0.1) is 0 Å². The number of benzene rings is 3. The lowest BCUT2D eigenvalue weighted by molar-refractivity contribution is -0.253. The van der Waals surface area contributed by atoms with Gasteiger partial charge in [0, 0.05) is 12.5 Å². The van der Waals surface area contributed by atoms with E-state index in [1.807, 2.05) is 0 Å². The molecule has 0 saturated carbocycles. The molecule has 2 atom stereocenters. The highest BCUT2D eigenvalue weighted by atomic mass is 19.4. The number of ether oxygens (including phenoxy) is 2. The van der Waals surface area contributed by atoms with E-state index in [1.54, 1.807) is 30.3 Å². The Kier molecular flexibility index (Phi) is 7.50. The summed E-state index contributed by atoms with van der Waals surface area (Å²) in [6.07, 6.45) is -15.1. The third-order valence-electron chi connectivity index (χ3n) is 6.15. The maximum Gasteiger partial charge on any atom is 0.461 e. The van der Waals surface area contributed by atoms with Gasteiger partial charge in [0.1, 0.15) is 17.4 Å². The lowest BCUT2D eigenvalue weighted by Gasteiger charge is -2.45. The SMILES string of the molecule is CC1OC(C(F)(F)F)=CN1C(Cc1ccccc1)(c1ccc(F)cc1)c1cc(F)cc(OC(F)(F)C(F)F)c1. The van der Waals surface area contributed by atoms with Gasteiger partial charge < -0.3 is 14.4 Å². The number of alkyl halides is 7. The van der Waals surface area contributed by atoms with Crippen LogP contribution in [0.5, 0.6) is 5.75 Å². The largest absolute Gasteiger partial charge is 0.464 e. The summed E-state index contributed by atoms with van der Waals surface area (Å²) in [7, 11) is 0. The van der Waals surface area contributed by atoms with E-state index >= 15 is 0 Å². The average Bonchev–Trinajstić information content (AvgIpc) is 3.25. The fourth-order valence-electron chi connectivity index (χ4n) is 4.50. The molecule has 39 heavy (non-hydrogen) atoms. The second-order valence-corrected chi connectivity index (χ2v) is 8.79. The van der Waals surface area contributed by atoms with Crippen LogP contribution >= 0.6 is 0 Å². The zero-order chi connectivity index (χ0) is 28.6. The third kappa shape index (κ3) is 5.79. The van der Waals surface area contributed by atoms with E-state index in [0.29, 0.717) is 17.8 Å². The van der Waals surface area contributed by atoms with Crippen molar-refractivity contribution in [3.05, 3.63) is 113 Å². The molecular weight excluding hydrogens is 541 g/mol. The minimum atomic E-state index is -4.99. The van der Waals surface area contributed by atoms with E-state index in [-0.39, 0.29) is 17.5 Å². The summed E-state index contributed by atoms with van der Waals surface area (Å²) in [5, 5.41) is 0. The van der Waals surface area contributed by atoms with Crippen LogP contribution in [0.4, 0.5) is 39.5 Å². The highest BCUT2D eigenvalue weighted by molar-refractivity contribution is 5.46. The van der Waals surface area contributed by atoms with E-state index < -0.39 is 53.6 Å². The van der Waals surface area contributed by atoms with Crippen molar-refractivity contribution < 1.29 is 49.0 Å². The van der Waals surface area contributed by atoms with Crippen LogP contribution in [0.25, 0.3) is 0 Å². The van der Waals surface area contributed by atoms with E-state index in [9.17, 15) is 39.5 Å². The van der Waals surface area contributed by atoms with Crippen LogP contribution in [0.2, 0.25) is 0 Å². The van der Waals surface area contributed by atoms with Gasteiger partial charge >= 0.3 is 18.7 Å². The second kappa shape index (κ2) is 10.4. The molecule has 0 N–H and O–H groups in total. The van der Waals surface area contributed by atoms with Crippen molar-refractivity contribution in [3.8, 4) is 5.75 Å². The first-order chi connectivity index (χ1) is 18.2. The normalized spacial score (nSPS) is 17.6. The Bertz CT molecular complexity index is 1330. The Morgan fingerprint density at radius 3 is 2.05 bits per heavy atom. The van der Waals surface area contributed by atoms with Gasteiger partial charge in [-0.05, 0) is 47.9 Å². The first kappa shape index (κ1) is 28.2. The first-order valence-corrected chi connectivity index (χ1v) is 11.4. The summed E-state index contributed by atoms with van der Waals surface area (Å²) in [5.41, 5.74) is -1.47. The summed E-state index contributed by atoms with van der Waals surface area (Å²) in [5.74, 6) is -4.27. The van der Waals surface area contributed by atoms with Crippen molar-refractivity contribution in [2.75, 3.05) is 0 Å². The second-order valence-electron chi connectivity index (χ2n) is 8.79. The van der Waals surface area contributed by atoms with Gasteiger partial charge in [-0.25, -0.2) is 8.78 Å². The molecule has 3 aromatic rings. The molecule has 0 amide bonds. The van der Waals surface area contributed by atoms with Crippen molar-refractivity contribution in [1.29, 1.82) is 0 Å². The summed E-state index contributed by atoms with van der Waals surface area (Å²) < 4.78 is 132. The number of allylic oxidation sites excluding steroid dienone is 1. The summed E-state index contributed by atoms with van der Waals surface area (Å²) in [6, 6.07) is 14.8. The van der Waals surface area contributed by atoms with Gasteiger partial charge in [0.05, 0.1) is 11.7 Å². The van der Waals surface area contributed by atoms with Crippen molar-refractivity contribution in [3.63, 3.8) is 0 Å². The zero-order valence-corrected chi connectivity index (χ0v) is 20.0. The zero-order valence-electron chi connectivity index (χ0n) is 20.0. The van der Waals surface area contributed by atoms with Gasteiger partial charge in [-0.2, -0.15) is 30.7 Å². The van der Waals surface area contributed by atoms with Gasteiger partial charge in [0.2, 0.25) is 5.76 Å². The molecule has 3 aromatic carbocycles. The molecule has 0 saturated heterocycles. The van der Waals surface area contributed by atoms with Crippen LogP contribution in [-0.2, 0) is 16.7 Å². The molecule has 0 aromatic heterocycles. The fourth-order valence-corrected chi connectivity index (χ4v) is 4.50. The molecule has 12 heteroatoms. The average molecular weight is 561 g/mol. The quantitative estimate of drug-likeness (QED) is 0.263. The van der Waals surface area contributed by atoms with Crippen molar-refractivity contribution >= 4 is 0 Å². The molecule has 208 valence electrons. The minimum absolute atomic E-state index is 0.125. The predicted octanol–water partition coefficient (Wildman–Crippen LogP) is 7.77. The van der Waals surface area contributed by atoms with Gasteiger partial charge in [-0.1, -0.05) is 42.5 Å². The van der Waals surface area contributed by atoms with Crippen molar-refractivity contribution in [2.45, 2.75) is 43.8 Å². The van der Waals surface area contributed by atoms with Crippen LogP contribution in [-0.4, -0.2) is 29.8 Å². The molecule has 0 fully saturated rings. The smallest absolute Gasteiger partial charge is 0.461 e. The Hall–Kier alpha value is -3.83. The Morgan fingerprint density at radius 2 is 1.49 bits per heavy atom. The van der Waals surface area contributed by atoms with Crippen LogP contribution < -0.4 is 4.74 Å². The highest BCUT2D eigenvalue weighted by Gasteiger charge is 2.50. The number of rotatable bonds is 8. The molecule has 4 rings (SSSR count). The Labute approximate surface area is 217 Å². The van der Waals surface area contributed by atoms with Crippen molar-refractivity contribution in [1.82, 2.24) is 4.90 Å². The third-order valence-corrected chi connectivity index (χ3v) is 6.15. The van der Waals surface area contributed by atoms with Crippen LogP contribution in [0, 0.1) is 11.6 Å². The van der Waals surface area contributed by atoms with Crippen molar-refractivity contribution in [2.24, 2.45) is 0 Å². The van der Waals surface area contributed by atoms with Crippen LogP contribution in [0.3, 0.4) is 0 Å². The number of hydrogen-bond acceptors (Lipinski definition) is 3. The maximum absolute atomic E-state index is 14.9. The molecule has 3 nitrogen and oxygen atoms in total. The lowest BCUT2D eigenvalue weighted by atomic mass is 9.76. The highest BCUT2D eigenvalue weighted by Crippen LogP contribution is 2.47. The Balaban J connectivity index is 2.02. The lowest BCUT2D eigenvalue weighted by Crippen LogP contribution is -2.49.